The quantitative estimate of drug-likeness (QED) is 0.385. The number of aromatic hydroxyl groups is 2. The Bertz CT molecular complexity index is 1020. The van der Waals surface area contributed by atoms with Crippen molar-refractivity contribution in [3.8, 4) is 22.6 Å². The molecule has 0 spiro atoms. The van der Waals surface area contributed by atoms with Gasteiger partial charge in [-0.15, -0.1) is 0 Å². The molecule has 1 amide bonds. The van der Waals surface area contributed by atoms with Crippen LogP contribution in [-0.4, -0.2) is 21.9 Å². The monoisotopic (exact) mass is 437 g/mol. The molecule has 2 aromatic rings. The van der Waals surface area contributed by atoms with Gasteiger partial charge in [-0.25, -0.2) is 4.79 Å². The SMILES string of the molecule is C=C(C)c1ccc(C)cc1-c1c(O)cc(CCCCC)c(CNC(=O)OC2(C)CC2)c1O. The number of hydrogen-bond acceptors (Lipinski definition) is 4. The number of allylic oxidation sites excluding steroid dienone is 1. The molecule has 0 aliphatic heterocycles. The van der Waals surface area contributed by atoms with Crippen LogP contribution in [0.25, 0.3) is 16.7 Å². The average Bonchev–Trinajstić information content (AvgIpc) is 3.43. The zero-order chi connectivity index (χ0) is 23.5. The highest BCUT2D eigenvalue weighted by Gasteiger charge is 2.41. The Labute approximate surface area is 191 Å². The molecule has 0 unspecified atom stereocenters. The van der Waals surface area contributed by atoms with Crippen LogP contribution in [0, 0.1) is 6.92 Å². The standard InChI is InChI=1S/C27H35NO4/c1-6-7-8-9-19-15-23(29)24(21-14-18(4)10-11-20(21)17(2)3)25(30)22(19)16-28-26(31)32-27(5)12-13-27/h10-11,14-15,29-30H,2,6-9,12-13,16H2,1,3-5H3,(H,28,31). The fraction of sp³-hybridized carbons (Fsp3) is 0.444. The zero-order valence-electron chi connectivity index (χ0n) is 19.7. The lowest BCUT2D eigenvalue weighted by Crippen LogP contribution is -2.28. The molecule has 5 heteroatoms. The van der Waals surface area contributed by atoms with Crippen LogP contribution < -0.4 is 5.32 Å². The minimum atomic E-state index is -0.489. The van der Waals surface area contributed by atoms with Crippen LogP contribution in [0.1, 0.15) is 75.1 Å². The number of carbonyl (C=O) groups excluding carboxylic acids is 1. The summed E-state index contributed by atoms with van der Waals surface area (Å²) in [6.07, 6.45) is 5.01. The van der Waals surface area contributed by atoms with Crippen molar-refractivity contribution in [1.82, 2.24) is 5.32 Å². The fourth-order valence-corrected chi connectivity index (χ4v) is 3.94. The summed E-state index contributed by atoms with van der Waals surface area (Å²) >= 11 is 0. The molecule has 0 bridgehead atoms. The van der Waals surface area contributed by atoms with Crippen LogP contribution in [0.5, 0.6) is 11.5 Å². The number of hydrogen-bond donors (Lipinski definition) is 3. The summed E-state index contributed by atoms with van der Waals surface area (Å²) < 4.78 is 5.46. The molecule has 32 heavy (non-hydrogen) atoms. The first-order chi connectivity index (χ1) is 15.1. The maximum absolute atomic E-state index is 12.3. The van der Waals surface area contributed by atoms with Crippen LogP contribution in [-0.2, 0) is 17.7 Å². The van der Waals surface area contributed by atoms with E-state index in [0.717, 1.165) is 59.9 Å². The molecule has 0 atom stereocenters. The van der Waals surface area contributed by atoms with Crippen molar-refractivity contribution >= 4 is 11.7 Å². The van der Waals surface area contributed by atoms with Crippen LogP contribution in [0.4, 0.5) is 4.79 Å². The molecule has 2 aromatic carbocycles. The first kappa shape index (κ1) is 23.7. The van der Waals surface area contributed by atoms with Crippen LogP contribution >= 0.6 is 0 Å². The van der Waals surface area contributed by atoms with E-state index < -0.39 is 6.09 Å². The van der Waals surface area contributed by atoms with Gasteiger partial charge in [0, 0.05) is 5.56 Å². The molecule has 1 aliphatic carbocycles. The predicted molar refractivity (Wildman–Crippen MR) is 129 cm³/mol. The second-order valence-electron chi connectivity index (χ2n) is 9.24. The van der Waals surface area contributed by atoms with Gasteiger partial charge in [0.25, 0.3) is 0 Å². The molecule has 0 radical (unpaired) electrons. The number of amides is 1. The lowest BCUT2D eigenvalue weighted by atomic mass is 9.89. The summed E-state index contributed by atoms with van der Waals surface area (Å²) in [5.41, 5.74) is 4.88. The van der Waals surface area contributed by atoms with Gasteiger partial charge in [-0.05, 0) is 69.2 Å². The van der Waals surface area contributed by atoms with E-state index in [1.807, 2.05) is 39.0 Å². The van der Waals surface area contributed by atoms with Crippen molar-refractivity contribution in [2.45, 2.75) is 78.4 Å². The van der Waals surface area contributed by atoms with E-state index in [9.17, 15) is 15.0 Å². The molecule has 5 nitrogen and oxygen atoms in total. The van der Waals surface area contributed by atoms with E-state index in [1.165, 1.54) is 0 Å². The first-order valence-corrected chi connectivity index (χ1v) is 11.5. The number of phenolic OH excluding ortho intramolecular Hbond substituents is 2. The van der Waals surface area contributed by atoms with Crippen molar-refractivity contribution in [3.05, 3.63) is 53.1 Å². The molecule has 0 heterocycles. The average molecular weight is 438 g/mol. The molecule has 172 valence electrons. The van der Waals surface area contributed by atoms with Gasteiger partial charge >= 0.3 is 6.09 Å². The Morgan fingerprint density at radius 1 is 1.22 bits per heavy atom. The molecule has 1 aliphatic rings. The van der Waals surface area contributed by atoms with Crippen molar-refractivity contribution in [1.29, 1.82) is 0 Å². The maximum Gasteiger partial charge on any atom is 0.407 e. The number of aryl methyl sites for hydroxylation is 2. The van der Waals surface area contributed by atoms with Gasteiger partial charge in [0.15, 0.2) is 0 Å². The molecular weight excluding hydrogens is 402 g/mol. The molecule has 3 N–H and O–H groups in total. The molecule has 3 rings (SSSR count). The number of ether oxygens (including phenoxy) is 1. The van der Waals surface area contributed by atoms with Crippen molar-refractivity contribution in [2.24, 2.45) is 0 Å². The summed E-state index contributed by atoms with van der Waals surface area (Å²) in [6.45, 7) is 12.1. The van der Waals surface area contributed by atoms with E-state index in [1.54, 1.807) is 6.07 Å². The predicted octanol–water partition coefficient (Wildman–Crippen LogP) is 6.62. The van der Waals surface area contributed by atoms with E-state index in [-0.39, 0.29) is 23.6 Å². The third-order valence-corrected chi connectivity index (χ3v) is 6.13. The summed E-state index contributed by atoms with van der Waals surface area (Å²) in [6, 6.07) is 7.60. The van der Waals surface area contributed by atoms with Gasteiger partial charge in [0.2, 0.25) is 0 Å². The Morgan fingerprint density at radius 2 is 1.94 bits per heavy atom. The third kappa shape index (κ3) is 5.45. The second-order valence-corrected chi connectivity index (χ2v) is 9.24. The van der Waals surface area contributed by atoms with Gasteiger partial charge in [-0.3, -0.25) is 0 Å². The van der Waals surface area contributed by atoms with Gasteiger partial charge < -0.3 is 20.3 Å². The van der Waals surface area contributed by atoms with E-state index in [4.69, 9.17) is 4.74 Å². The normalized spacial score (nSPS) is 14.1. The molecular formula is C27H35NO4. The minimum absolute atomic E-state index is 0.0115. The van der Waals surface area contributed by atoms with E-state index >= 15 is 0 Å². The van der Waals surface area contributed by atoms with Crippen LogP contribution in [0.3, 0.4) is 0 Å². The Morgan fingerprint density at radius 3 is 2.56 bits per heavy atom. The number of rotatable bonds is 9. The highest BCUT2D eigenvalue weighted by atomic mass is 16.6. The highest BCUT2D eigenvalue weighted by Crippen LogP contribution is 2.45. The van der Waals surface area contributed by atoms with Gasteiger partial charge in [0.1, 0.15) is 17.1 Å². The maximum atomic E-state index is 12.3. The van der Waals surface area contributed by atoms with Gasteiger partial charge in [0.05, 0.1) is 12.1 Å². The molecule has 1 fully saturated rings. The summed E-state index contributed by atoms with van der Waals surface area (Å²) in [4.78, 5) is 12.3. The van der Waals surface area contributed by atoms with Crippen LogP contribution in [0.15, 0.2) is 30.8 Å². The zero-order valence-corrected chi connectivity index (χ0v) is 19.7. The lowest BCUT2D eigenvalue weighted by Gasteiger charge is -2.20. The number of nitrogens with one attached hydrogen (secondary N) is 1. The topological polar surface area (TPSA) is 78.8 Å². The Hall–Kier alpha value is -2.95. The number of alkyl carbamates (subject to hydrolysis) is 1. The summed E-state index contributed by atoms with van der Waals surface area (Å²) in [5.74, 6) is 0.0152. The summed E-state index contributed by atoms with van der Waals surface area (Å²) in [5, 5.41) is 25.1. The molecule has 1 saturated carbocycles. The van der Waals surface area contributed by atoms with E-state index in [0.29, 0.717) is 17.5 Å². The fourth-order valence-electron chi connectivity index (χ4n) is 3.94. The van der Waals surface area contributed by atoms with Crippen LogP contribution in [0.2, 0.25) is 0 Å². The van der Waals surface area contributed by atoms with E-state index in [2.05, 4.69) is 18.8 Å². The third-order valence-electron chi connectivity index (χ3n) is 6.13. The smallest absolute Gasteiger partial charge is 0.407 e. The summed E-state index contributed by atoms with van der Waals surface area (Å²) in [7, 11) is 0. The number of unbranched alkanes of at least 4 members (excludes halogenated alkanes) is 2. The molecule has 0 aromatic heterocycles. The number of phenols is 2. The van der Waals surface area contributed by atoms with Gasteiger partial charge in [-0.2, -0.15) is 0 Å². The Balaban J connectivity index is 2.02. The van der Waals surface area contributed by atoms with Crippen molar-refractivity contribution < 1.29 is 19.7 Å². The largest absolute Gasteiger partial charge is 0.507 e. The van der Waals surface area contributed by atoms with Crippen molar-refractivity contribution in [3.63, 3.8) is 0 Å². The highest BCUT2D eigenvalue weighted by molar-refractivity contribution is 5.87. The first-order valence-electron chi connectivity index (χ1n) is 11.5. The number of carbonyl (C=O) groups is 1. The Kier molecular flexibility index (Phi) is 7.17. The molecule has 0 saturated heterocycles. The number of benzene rings is 2. The van der Waals surface area contributed by atoms with Crippen molar-refractivity contribution in [2.75, 3.05) is 0 Å². The second kappa shape index (κ2) is 9.68. The lowest BCUT2D eigenvalue weighted by molar-refractivity contribution is 0.0929. The van der Waals surface area contributed by atoms with Gasteiger partial charge in [-0.1, -0.05) is 55.7 Å². The minimum Gasteiger partial charge on any atom is -0.507 e.